The molecule has 0 aliphatic carbocycles. The normalized spacial score (nSPS) is 11.6. The second-order valence-corrected chi connectivity index (χ2v) is 4.57. The minimum absolute atomic E-state index is 0. The van der Waals surface area contributed by atoms with Crippen LogP contribution in [0.5, 0.6) is 0 Å². The average Bonchev–Trinajstić information content (AvgIpc) is 2.41. The topological polar surface area (TPSA) is 38.0 Å². The van der Waals surface area contributed by atoms with E-state index >= 15 is 0 Å². The Labute approximate surface area is 148 Å². The Bertz CT molecular complexity index is 454. The van der Waals surface area contributed by atoms with Crippen LogP contribution in [0, 0.1) is 0 Å². The molecule has 3 N–H and O–H groups in total. The van der Waals surface area contributed by atoms with Crippen molar-refractivity contribution < 1.29 is 2.85 Å². The number of nitrogens with one attached hydrogen (secondary N) is 1. The second kappa shape index (κ2) is 9.51. The van der Waals surface area contributed by atoms with Crippen molar-refractivity contribution in [1.29, 1.82) is 0 Å². The molecule has 0 heterocycles. The molecule has 0 bridgehead atoms. The number of hydrogen-bond acceptors (Lipinski definition) is 2. The molecule has 0 saturated carbocycles. The maximum absolute atomic E-state index is 6.11. The predicted octanol–water partition coefficient (Wildman–Crippen LogP) is 2.19. The Balaban J connectivity index is 0. The van der Waals surface area contributed by atoms with Crippen LogP contribution in [0.3, 0.4) is 0 Å². The third kappa shape index (κ3) is 6.55. The number of benzene rings is 2. The predicted molar refractivity (Wildman–Crippen MR) is 84.2 cm³/mol. The fraction of sp³-hybridized carbons (Fsp3) is 0.250. The average molecular weight is 282 g/mol. The van der Waals surface area contributed by atoms with Gasteiger partial charge in [-0.1, -0.05) is 60.7 Å². The maximum atomic E-state index is 6.11. The van der Waals surface area contributed by atoms with E-state index in [0.717, 1.165) is 19.5 Å². The van der Waals surface area contributed by atoms with Gasteiger partial charge in [0.05, 0.1) is 0 Å². The van der Waals surface area contributed by atoms with Gasteiger partial charge in [0.1, 0.15) is 0 Å². The van der Waals surface area contributed by atoms with E-state index in [0.29, 0.717) is 0 Å². The van der Waals surface area contributed by atoms with Crippen molar-refractivity contribution in [3.63, 3.8) is 0 Å². The number of nitrogens with two attached hydrogens (primary N) is 1. The summed E-state index contributed by atoms with van der Waals surface area (Å²) in [5, 5.41) is 3.40. The number of hydrogen-bond donors (Lipinski definition) is 2. The molecule has 0 aromatic heterocycles. The Kier molecular flexibility index (Phi) is 8.35. The second-order valence-electron chi connectivity index (χ2n) is 4.57. The minimum Gasteiger partial charge on any atom is -1.00 e. The summed E-state index contributed by atoms with van der Waals surface area (Å²) in [4.78, 5) is 0. The quantitative estimate of drug-likeness (QED) is 0.797. The van der Waals surface area contributed by atoms with Gasteiger partial charge in [-0.3, -0.25) is 0 Å². The molecule has 2 aromatic carbocycles. The summed E-state index contributed by atoms with van der Waals surface area (Å²) in [7, 11) is 0. The summed E-state index contributed by atoms with van der Waals surface area (Å²) in [6.45, 7) is 1.72. The van der Waals surface area contributed by atoms with E-state index in [1.54, 1.807) is 0 Å². The summed E-state index contributed by atoms with van der Waals surface area (Å²) in [5.41, 5.74) is 8.70. The molecule has 3 heteroatoms. The van der Waals surface area contributed by atoms with Gasteiger partial charge in [-0.15, -0.1) is 0 Å². The summed E-state index contributed by atoms with van der Waals surface area (Å²) in [6, 6.07) is 20.9. The largest absolute Gasteiger partial charge is 2.00 e. The van der Waals surface area contributed by atoms with E-state index in [-0.39, 0.29) is 46.6 Å². The van der Waals surface area contributed by atoms with Crippen LogP contribution in [0.15, 0.2) is 60.7 Å². The minimum atomic E-state index is 0. The van der Waals surface area contributed by atoms with Gasteiger partial charge in [0, 0.05) is 19.1 Å². The van der Waals surface area contributed by atoms with Crippen LogP contribution in [0.2, 0.25) is 0 Å². The molecule has 0 spiro atoms. The van der Waals surface area contributed by atoms with Crippen molar-refractivity contribution in [3.05, 3.63) is 71.8 Å². The van der Waals surface area contributed by atoms with E-state index in [4.69, 9.17) is 5.73 Å². The molecule has 1 unspecified atom stereocenters. The molecule has 0 aliphatic rings. The van der Waals surface area contributed by atoms with Gasteiger partial charge >= 0.3 is 37.7 Å². The number of rotatable bonds is 6. The van der Waals surface area contributed by atoms with E-state index in [1.165, 1.54) is 11.1 Å². The standard InChI is InChI=1S/C16H20N2.Ca.2H/c17-16(11-14-7-3-1-4-8-14)13-18-12-15-9-5-2-6-10-15;;;/h1-10,16,18H,11-13,17H2;;;/q;+2;2*-1. The molecule has 2 aromatic rings. The van der Waals surface area contributed by atoms with Gasteiger partial charge in [0.25, 0.3) is 0 Å². The van der Waals surface area contributed by atoms with Crippen LogP contribution in [-0.2, 0) is 13.0 Å². The third-order valence-corrected chi connectivity index (χ3v) is 2.92. The van der Waals surface area contributed by atoms with Gasteiger partial charge in [-0.05, 0) is 17.5 Å². The Morgan fingerprint density at radius 2 is 1.42 bits per heavy atom. The molecule has 0 amide bonds. The summed E-state index contributed by atoms with van der Waals surface area (Å²) in [5.74, 6) is 0. The van der Waals surface area contributed by atoms with Crippen molar-refractivity contribution in [2.24, 2.45) is 5.73 Å². The monoisotopic (exact) mass is 282 g/mol. The SMILES string of the molecule is NC(CNCc1ccccc1)Cc1ccccc1.[Ca+2].[H-].[H-]. The zero-order valence-corrected chi connectivity index (χ0v) is 13.5. The first-order valence-electron chi connectivity index (χ1n) is 6.39. The van der Waals surface area contributed by atoms with E-state index < -0.39 is 0 Å². The fourth-order valence-electron chi connectivity index (χ4n) is 1.99. The Hall–Kier alpha value is -0.380. The van der Waals surface area contributed by atoms with Crippen LogP contribution >= 0.6 is 0 Å². The molecule has 1 atom stereocenters. The third-order valence-electron chi connectivity index (χ3n) is 2.92. The molecular formula is C16H22CaN2. The maximum Gasteiger partial charge on any atom is 2.00 e. The van der Waals surface area contributed by atoms with Crippen LogP contribution in [0.1, 0.15) is 14.0 Å². The molecular weight excluding hydrogens is 260 g/mol. The van der Waals surface area contributed by atoms with Crippen LogP contribution < -0.4 is 11.1 Å². The van der Waals surface area contributed by atoms with Crippen molar-refractivity contribution in [2.45, 2.75) is 19.0 Å². The Morgan fingerprint density at radius 1 is 0.895 bits per heavy atom. The molecule has 19 heavy (non-hydrogen) atoms. The molecule has 0 radical (unpaired) electrons. The van der Waals surface area contributed by atoms with Crippen molar-refractivity contribution >= 4 is 37.7 Å². The van der Waals surface area contributed by atoms with Crippen LogP contribution in [-0.4, -0.2) is 50.3 Å². The van der Waals surface area contributed by atoms with E-state index in [1.807, 2.05) is 12.1 Å². The molecule has 0 fully saturated rings. The smallest absolute Gasteiger partial charge is 1.00 e. The summed E-state index contributed by atoms with van der Waals surface area (Å²) < 4.78 is 0. The van der Waals surface area contributed by atoms with Crippen molar-refractivity contribution in [3.8, 4) is 0 Å². The Morgan fingerprint density at radius 3 is 2.00 bits per heavy atom. The molecule has 98 valence electrons. The van der Waals surface area contributed by atoms with Crippen LogP contribution in [0.4, 0.5) is 0 Å². The zero-order valence-electron chi connectivity index (χ0n) is 13.3. The summed E-state index contributed by atoms with van der Waals surface area (Å²) >= 11 is 0. The van der Waals surface area contributed by atoms with Gasteiger partial charge < -0.3 is 13.9 Å². The summed E-state index contributed by atoms with van der Waals surface area (Å²) in [6.07, 6.45) is 0.919. The van der Waals surface area contributed by atoms with Gasteiger partial charge in [0.15, 0.2) is 0 Å². The fourth-order valence-corrected chi connectivity index (χ4v) is 1.99. The molecule has 2 rings (SSSR count). The molecule has 0 saturated heterocycles. The van der Waals surface area contributed by atoms with Crippen molar-refractivity contribution in [1.82, 2.24) is 5.32 Å². The van der Waals surface area contributed by atoms with Crippen molar-refractivity contribution in [2.75, 3.05) is 6.54 Å². The first-order chi connectivity index (χ1) is 8.84. The molecule has 2 nitrogen and oxygen atoms in total. The first-order valence-corrected chi connectivity index (χ1v) is 6.39. The van der Waals surface area contributed by atoms with E-state index in [2.05, 4.69) is 53.8 Å². The zero-order chi connectivity index (χ0) is 12.6. The van der Waals surface area contributed by atoms with E-state index in [9.17, 15) is 0 Å². The van der Waals surface area contributed by atoms with Gasteiger partial charge in [-0.2, -0.15) is 0 Å². The first kappa shape index (κ1) is 16.7. The molecule has 0 aliphatic heterocycles. The van der Waals surface area contributed by atoms with Gasteiger partial charge in [0.2, 0.25) is 0 Å². The van der Waals surface area contributed by atoms with Gasteiger partial charge in [-0.25, -0.2) is 0 Å². The van der Waals surface area contributed by atoms with Crippen LogP contribution in [0.25, 0.3) is 0 Å².